The van der Waals surface area contributed by atoms with Crippen LogP contribution in [0.4, 0.5) is 0 Å². The second-order valence-corrected chi connectivity index (χ2v) is 6.65. The summed E-state index contributed by atoms with van der Waals surface area (Å²) in [7, 11) is 0. The van der Waals surface area contributed by atoms with Crippen LogP contribution in [0.2, 0.25) is 5.02 Å². The second-order valence-electron chi connectivity index (χ2n) is 6.24. The maximum Gasteiger partial charge on any atom is 0.347 e. The Labute approximate surface area is 178 Å². The van der Waals surface area contributed by atoms with Crippen molar-refractivity contribution in [1.29, 1.82) is 0 Å². The molecule has 1 heterocycles. The molecule has 0 saturated heterocycles. The third kappa shape index (κ3) is 5.31. The summed E-state index contributed by atoms with van der Waals surface area (Å²) < 4.78 is 26.9. The highest BCUT2D eigenvalue weighted by atomic mass is 35.5. The van der Waals surface area contributed by atoms with Gasteiger partial charge in [0.15, 0.2) is 6.10 Å². The smallest absolute Gasteiger partial charge is 0.347 e. The Morgan fingerprint density at radius 1 is 1.13 bits per heavy atom. The summed E-state index contributed by atoms with van der Waals surface area (Å²) in [5, 5.41) is 0.682. The molecule has 2 aromatic carbocycles. The summed E-state index contributed by atoms with van der Waals surface area (Å²) in [6.45, 7) is 4.47. The number of rotatable bonds is 9. The number of fused-ring (bicyclic) bond motifs is 1. The largest absolute Gasteiger partial charge is 0.479 e. The molecule has 8 heteroatoms. The van der Waals surface area contributed by atoms with Gasteiger partial charge in [-0.2, -0.15) is 0 Å². The molecule has 1 atom stereocenters. The first-order valence-corrected chi connectivity index (χ1v) is 9.76. The molecule has 0 aliphatic carbocycles. The van der Waals surface area contributed by atoms with Crippen LogP contribution in [0.5, 0.6) is 17.2 Å². The summed E-state index contributed by atoms with van der Waals surface area (Å²) in [5.41, 5.74) is -0.0629. The van der Waals surface area contributed by atoms with E-state index in [9.17, 15) is 9.59 Å². The third-order valence-corrected chi connectivity index (χ3v) is 4.40. The number of halogens is 1. The average Bonchev–Trinajstić information content (AvgIpc) is 2.74. The molecule has 3 aromatic rings. The Kier molecular flexibility index (Phi) is 7.32. The van der Waals surface area contributed by atoms with Gasteiger partial charge in [0.25, 0.3) is 0 Å². The molecule has 0 amide bonds. The molecule has 7 nitrogen and oxygen atoms in total. The van der Waals surface area contributed by atoms with Crippen LogP contribution in [-0.2, 0) is 14.3 Å². The van der Waals surface area contributed by atoms with Gasteiger partial charge in [0.2, 0.25) is 11.2 Å². The summed E-state index contributed by atoms with van der Waals surface area (Å²) in [5.74, 6) is 0.206. The maximum atomic E-state index is 12.7. The van der Waals surface area contributed by atoms with Gasteiger partial charge in [-0.3, -0.25) is 4.79 Å². The topological polar surface area (TPSA) is 84.2 Å². The van der Waals surface area contributed by atoms with Crippen molar-refractivity contribution >= 4 is 28.5 Å². The zero-order chi connectivity index (χ0) is 21.5. The van der Waals surface area contributed by atoms with Gasteiger partial charge >= 0.3 is 5.97 Å². The van der Waals surface area contributed by atoms with Crippen LogP contribution in [-0.4, -0.2) is 31.9 Å². The lowest BCUT2D eigenvalue weighted by molar-refractivity contribution is -0.152. The summed E-state index contributed by atoms with van der Waals surface area (Å²) in [6.07, 6.45) is 0.377. The van der Waals surface area contributed by atoms with Crippen molar-refractivity contribution < 1.29 is 28.2 Å². The average molecular weight is 433 g/mol. The predicted molar refractivity (Wildman–Crippen MR) is 112 cm³/mol. The Balaban J connectivity index is 1.72. The van der Waals surface area contributed by atoms with Gasteiger partial charge < -0.3 is 23.4 Å². The van der Waals surface area contributed by atoms with E-state index in [2.05, 4.69) is 0 Å². The van der Waals surface area contributed by atoms with Crippen molar-refractivity contribution in [3.05, 3.63) is 64.0 Å². The molecule has 0 aliphatic heterocycles. The van der Waals surface area contributed by atoms with Crippen molar-refractivity contribution in [2.75, 3.05) is 19.8 Å². The molecule has 1 aromatic heterocycles. The highest BCUT2D eigenvalue weighted by Crippen LogP contribution is 2.29. The summed E-state index contributed by atoms with van der Waals surface area (Å²) >= 11 is 6.07. The first kappa shape index (κ1) is 21.7. The van der Waals surface area contributed by atoms with Crippen molar-refractivity contribution in [3.63, 3.8) is 0 Å². The SMILES string of the molecule is CCOCCOC(=O)C(C)Oc1ccc2c(=O)c(Oc3ccccc3Cl)coc2c1. The second kappa shape index (κ2) is 10.1. The number of benzene rings is 2. The van der Waals surface area contributed by atoms with Crippen LogP contribution in [0.3, 0.4) is 0 Å². The number of esters is 1. The van der Waals surface area contributed by atoms with E-state index in [0.717, 1.165) is 0 Å². The van der Waals surface area contributed by atoms with E-state index in [-0.39, 0.29) is 17.8 Å². The van der Waals surface area contributed by atoms with Crippen molar-refractivity contribution in [2.45, 2.75) is 20.0 Å². The Morgan fingerprint density at radius 3 is 2.70 bits per heavy atom. The minimum absolute atomic E-state index is 0.00973. The van der Waals surface area contributed by atoms with E-state index in [1.165, 1.54) is 12.3 Å². The molecule has 0 N–H and O–H groups in total. The zero-order valence-electron chi connectivity index (χ0n) is 16.6. The van der Waals surface area contributed by atoms with E-state index in [0.29, 0.717) is 40.7 Å². The fraction of sp³-hybridized carbons (Fsp3) is 0.273. The Bertz CT molecular complexity index is 1080. The quantitative estimate of drug-likeness (QED) is 0.361. The normalized spacial score (nSPS) is 11.8. The van der Waals surface area contributed by atoms with Gasteiger partial charge in [-0.15, -0.1) is 0 Å². The van der Waals surface area contributed by atoms with Crippen molar-refractivity contribution in [1.82, 2.24) is 0 Å². The third-order valence-electron chi connectivity index (χ3n) is 4.09. The van der Waals surface area contributed by atoms with E-state index in [1.807, 2.05) is 6.92 Å². The molecule has 30 heavy (non-hydrogen) atoms. The monoisotopic (exact) mass is 432 g/mol. The molecule has 0 aliphatic rings. The standard InChI is InChI=1S/C22H21ClO7/c1-3-26-10-11-27-22(25)14(2)29-15-8-9-16-19(12-15)28-13-20(21(16)24)30-18-7-5-4-6-17(18)23/h4-9,12-14H,3,10-11H2,1-2H3. The van der Waals surface area contributed by atoms with Crippen LogP contribution in [0, 0.1) is 0 Å². The molecule has 158 valence electrons. The van der Waals surface area contributed by atoms with Crippen LogP contribution in [0.15, 0.2) is 57.9 Å². The molecule has 1 unspecified atom stereocenters. The van der Waals surface area contributed by atoms with Gasteiger partial charge in [0.05, 0.1) is 17.0 Å². The molecular weight excluding hydrogens is 412 g/mol. The first-order valence-electron chi connectivity index (χ1n) is 9.38. The molecule has 0 saturated carbocycles. The minimum Gasteiger partial charge on any atom is -0.479 e. The summed E-state index contributed by atoms with van der Waals surface area (Å²) in [4.78, 5) is 24.7. The lowest BCUT2D eigenvalue weighted by Gasteiger charge is -2.14. The number of para-hydroxylation sites is 1. The van der Waals surface area contributed by atoms with Gasteiger partial charge in [-0.05, 0) is 38.1 Å². The zero-order valence-corrected chi connectivity index (χ0v) is 17.3. The molecular formula is C22H21ClO7. The van der Waals surface area contributed by atoms with Gasteiger partial charge in [0, 0.05) is 12.7 Å². The molecule has 0 fully saturated rings. The fourth-order valence-corrected chi connectivity index (χ4v) is 2.77. The lowest BCUT2D eigenvalue weighted by atomic mass is 10.2. The van der Waals surface area contributed by atoms with Gasteiger partial charge in [-0.25, -0.2) is 4.79 Å². The van der Waals surface area contributed by atoms with Crippen LogP contribution in [0.1, 0.15) is 13.8 Å². The molecule has 0 spiro atoms. The highest BCUT2D eigenvalue weighted by molar-refractivity contribution is 6.32. The molecule has 3 rings (SSSR count). The van der Waals surface area contributed by atoms with E-state index in [1.54, 1.807) is 43.3 Å². The van der Waals surface area contributed by atoms with E-state index in [4.69, 9.17) is 35.0 Å². The Morgan fingerprint density at radius 2 is 1.93 bits per heavy atom. The number of hydrogen-bond acceptors (Lipinski definition) is 7. The number of ether oxygens (including phenoxy) is 4. The van der Waals surface area contributed by atoms with E-state index >= 15 is 0 Å². The number of carbonyl (C=O) groups is 1. The maximum absolute atomic E-state index is 12.7. The summed E-state index contributed by atoms with van der Waals surface area (Å²) in [6, 6.07) is 11.5. The number of hydrogen-bond donors (Lipinski definition) is 0. The van der Waals surface area contributed by atoms with E-state index < -0.39 is 12.1 Å². The van der Waals surface area contributed by atoms with Crippen LogP contribution >= 0.6 is 11.6 Å². The Hall–Kier alpha value is -3.03. The van der Waals surface area contributed by atoms with Crippen LogP contribution < -0.4 is 14.9 Å². The van der Waals surface area contributed by atoms with Crippen LogP contribution in [0.25, 0.3) is 11.0 Å². The van der Waals surface area contributed by atoms with Gasteiger partial charge in [-0.1, -0.05) is 23.7 Å². The predicted octanol–water partition coefficient (Wildman–Crippen LogP) is 4.59. The molecule has 0 bridgehead atoms. The lowest BCUT2D eigenvalue weighted by Crippen LogP contribution is -2.27. The highest BCUT2D eigenvalue weighted by Gasteiger charge is 2.17. The van der Waals surface area contributed by atoms with Crippen molar-refractivity contribution in [3.8, 4) is 17.2 Å². The first-order chi connectivity index (χ1) is 14.5. The number of carbonyl (C=O) groups excluding carboxylic acids is 1. The minimum atomic E-state index is -0.835. The fourth-order valence-electron chi connectivity index (χ4n) is 2.60. The van der Waals surface area contributed by atoms with Crippen molar-refractivity contribution in [2.24, 2.45) is 0 Å². The molecule has 0 radical (unpaired) electrons. The van der Waals surface area contributed by atoms with Gasteiger partial charge in [0.1, 0.15) is 30.0 Å².